The Hall–Kier alpha value is -0.736. The summed E-state index contributed by atoms with van der Waals surface area (Å²) < 4.78 is 19.2. The Bertz CT molecular complexity index is 502. The van der Waals surface area contributed by atoms with Crippen LogP contribution in [-0.4, -0.2) is 24.5 Å². The van der Waals surface area contributed by atoms with Gasteiger partial charge in [0, 0.05) is 46.2 Å². The number of halogens is 1. The van der Waals surface area contributed by atoms with Gasteiger partial charge in [0.15, 0.2) is 0 Å². The van der Waals surface area contributed by atoms with Crippen LogP contribution in [0.3, 0.4) is 0 Å². The molecule has 1 amide bonds. The van der Waals surface area contributed by atoms with Gasteiger partial charge in [-0.1, -0.05) is 0 Å². The fourth-order valence-corrected chi connectivity index (χ4v) is 1.92. The van der Waals surface area contributed by atoms with Gasteiger partial charge < -0.3 is 9.64 Å². The van der Waals surface area contributed by atoms with Gasteiger partial charge in [-0.05, 0) is 19.1 Å². The molecule has 1 heterocycles. The van der Waals surface area contributed by atoms with E-state index in [1.54, 1.807) is 19.2 Å². The van der Waals surface area contributed by atoms with Crippen LogP contribution in [0.15, 0.2) is 18.2 Å². The van der Waals surface area contributed by atoms with E-state index in [1.807, 2.05) is 6.92 Å². The third-order valence-corrected chi connectivity index (χ3v) is 2.85. The molecule has 1 aliphatic rings. The maximum atomic E-state index is 14.0. The second-order valence-corrected chi connectivity index (χ2v) is 4.05. The molecule has 1 aromatic carbocycles. The molecule has 0 saturated heterocycles. The van der Waals surface area contributed by atoms with E-state index in [0.29, 0.717) is 36.5 Å². The number of allylic oxidation sites excluding steroid dienone is 1. The van der Waals surface area contributed by atoms with Crippen LogP contribution < -0.4 is 4.74 Å². The van der Waals surface area contributed by atoms with Crippen LogP contribution in [-0.2, 0) is 37.5 Å². The molecule has 5 heteroatoms. The zero-order chi connectivity index (χ0) is 13.1. The molecule has 3 nitrogen and oxygen atoms in total. The largest absolute Gasteiger partial charge is 0.494 e. The molecule has 1 aliphatic heterocycles. The Morgan fingerprint density at radius 2 is 2.21 bits per heavy atom. The van der Waals surface area contributed by atoms with Crippen LogP contribution in [0.2, 0.25) is 0 Å². The van der Waals surface area contributed by atoms with E-state index in [9.17, 15) is 9.18 Å². The summed E-state index contributed by atoms with van der Waals surface area (Å²) >= 11 is 0. The topological polar surface area (TPSA) is 29.5 Å². The summed E-state index contributed by atoms with van der Waals surface area (Å²) in [5, 5.41) is 0. The number of benzene rings is 1. The standard InChI is InChI=1S/C14H15FNO2.Y/c1-3-18-10-7-8-11(12(15)9-10)13-5-4-6-14(17)16(13)2;/h7-9H,3-4,6H2,1-2H3;/q-1;. The number of nitrogens with zero attached hydrogens (tertiary/aromatic N) is 1. The molecule has 0 unspecified atom stereocenters. The first-order valence-corrected chi connectivity index (χ1v) is 5.93. The summed E-state index contributed by atoms with van der Waals surface area (Å²) in [4.78, 5) is 13.0. The van der Waals surface area contributed by atoms with Crippen molar-refractivity contribution >= 4 is 11.6 Å². The minimum absolute atomic E-state index is 0. The van der Waals surface area contributed by atoms with E-state index in [4.69, 9.17) is 4.74 Å². The van der Waals surface area contributed by atoms with Gasteiger partial charge in [-0.25, -0.2) is 10.5 Å². The molecule has 0 saturated carbocycles. The van der Waals surface area contributed by atoms with E-state index in [-0.39, 0.29) is 38.6 Å². The molecule has 19 heavy (non-hydrogen) atoms. The van der Waals surface area contributed by atoms with Gasteiger partial charge in [0.2, 0.25) is 5.91 Å². The van der Waals surface area contributed by atoms with Gasteiger partial charge in [0.1, 0.15) is 5.75 Å². The number of ether oxygens (including phenoxy) is 1. The summed E-state index contributed by atoms with van der Waals surface area (Å²) in [6.45, 7) is 2.34. The van der Waals surface area contributed by atoms with Crippen LogP contribution in [0.4, 0.5) is 4.39 Å². The number of amides is 1. The Balaban J connectivity index is 0.00000180. The number of carbonyl (C=O) groups is 1. The van der Waals surface area contributed by atoms with E-state index in [0.717, 1.165) is 0 Å². The van der Waals surface area contributed by atoms with Crippen molar-refractivity contribution in [2.75, 3.05) is 13.7 Å². The second-order valence-electron chi connectivity index (χ2n) is 4.05. The molecule has 0 aliphatic carbocycles. The zero-order valence-electron chi connectivity index (χ0n) is 11.1. The minimum atomic E-state index is -0.398. The molecular formula is C14H15FNO2Y-. The van der Waals surface area contributed by atoms with Crippen LogP contribution in [0.5, 0.6) is 5.75 Å². The van der Waals surface area contributed by atoms with E-state index in [1.165, 1.54) is 11.0 Å². The first-order chi connectivity index (χ1) is 8.63. The number of hydrogen-bond donors (Lipinski definition) is 0. The molecule has 1 aromatic rings. The molecule has 0 N–H and O–H groups in total. The van der Waals surface area contributed by atoms with Crippen molar-refractivity contribution in [2.45, 2.75) is 19.8 Å². The summed E-state index contributed by atoms with van der Waals surface area (Å²) in [6, 6.07) is 4.65. The Labute approximate surface area is 137 Å². The molecule has 0 atom stereocenters. The maximum absolute atomic E-state index is 14.0. The summed E-state index contributed by atoms with van der Waals surface area (Å²) in [5.41, 5.74) is 0.890. The molecule has 99 valence electrons. The molecule has 2 rings (SSSR count). The summed E-state index contributed by atoms with van der Waals surface area (Å²) in [6.07, 6.45) is 4.01. The van der Waals surface area contributed by atoms with Crippen molar-refractivity contribution in [3.63, 3.8) is 0 Å². The van der Waals surface area contributed by atoms with Gasteiger partial charge in [0.05, 0.1) is 12.4 Å². The summed E-state index contributed by atoms with van der Waals surface area (Å²) in [5.74, 6) is 0.0752. The first kappa shape index (κ1) is 16.3. The van der Waals surface area contributed by atoms with Gasteiger partial charge >= 0.3 is 0 Å². The van der Waals surface area contributed by atoms with Crippen molar-refractivity contribution < 1.29 is 46.6 Å². The van der Waals surface area contributed by atoms with Crippen molar-refractivity contribution in [1.82, 2.24) is 4.90 Å². The van der Waals surface area contributed by atoms with Crippen LogP contribution in [0, 0.1) is 11.9 Å². The van der Waals surface area contributed by atoms with Crippen LogP contribution in [0.1, 0.15) is 25.3 Å². The molecule has 0 aromatic heterocycles. The molecular weight excluding hydrogens is 322 g/mol. The van der Waals surface area contributed by atoms with Crippen LogP contribution in [0.25, 0.3) is 5.70 Å². The smallest absolute Gasteiger partial charge is 0.222 e. The van der Waals surface area contributed by atoms with E-state index >= 15 is 0 Å². The quantitative estimate of drug-likeness (QED) is 0.794. The number of hydrogen-bond acceptors (Lipinski definition) is 2. The van der Waals surface area contributed by atoms with Crippen molar-refractivity contribution in [3.05, 3.63) is 35.7 Å². The zero-order valence-corrected chi connectivity index (χ0v) is 13.9. The normalized spacial score (nSPS) is 14.8. The number of rotatable bonds is 3. The van der Waals surface area contributed by atoms with Gasteiger partial charge in [-0.15, -0.1) is 23.7 Å². The maximum Gasteiger partial charge on any atom is 0.222 e. The Kier molecular flexibility index (Phi) is 6.14. The molecule has 0 bridgehead atoms. The monoisotopic (exact) mass is 337 g/mol. The predicted octanol–water partition coefficient (Wildman–Crippen LogP) is 2.62. The third-order valence-electron chi connectivity index (χ3n) is 2.85. The average molecular weight is 337 g/mol. The fraction of sp³-hybridized carbons (Fsp3) is 0.357. The molecule has 0 spiro atoms. The Morgan fingerprint density at radius 1 is 1.47 bits per heavy atom. The SMILES string of the molecule is CCOc1ccc(C2=[C-]CCC(=O)N2C)c(F)c1.[Y]. The van der Waals surface area contributed by atoms with Gasteiger partial charge in [0.25, 0.3) is 0 Å². The molecule has 1 radical (unpaired) electrons. The minimum Gasteiger partial charge on any atom is -0.494 e. The second kappa shape index (κ2) is 7.15. The van der Waals surface area contributed by atoms with Gasteiger partial charge in [-0.3, -0.25) is 4.79 Å². The Morgan fingerprint density at radius 3 is 2.84 bits per heavy atom. The van der Waals surface area contributed by atoms with E-state index < -0.39 is 5.82 Å². The summed E-state index contributed by atoms with van der Waals surface area (Å²) in [7, 11) is 1.64. The fourth-order valence-electron chi connectivity index (χ4n) is 1.92. The predicted molar refractivity (Wildman–Crippen MR) is 66.2 cm³/mol. The average Bonchev–Trinajstić information content (AvgIpc) is 2.34. The van der Waals surface area contributed by atoms with Crippen molar-refractivity contribution in [2.24, 2.45) is 0 Å². The van der Waals surface area contributed by atoms with Crippen molar-refractivity contribution in [1.29, 1.82) is 0 Å². The van der Waals surface area contributed by atoms with Gasteiger partial charge in [-0.2, -0.15) is 0 Å². The third kappa shape index (κ3) is 3.64. The first-order valence-electron chi connectivity index (χ1n) is 5.93. The molecule has 0 fully saturated rings. The van der Waals surface area contributed by atoms with Crippen molar-refractivity contribution in [3.8, 4) is 5.75 Å². The number of carbonyl (C=O) groups excluding carboxylic acids is 1. The van der Waals surface area contributed by atoms with Crippen LogP contribution >= 0.6 is 0 Å². The van der Waals surface area contributed by atoms with E-state index in [2.05, 4.69) is 6.08 Å².